The number of carbonyl (C=O) groups is 4. The monoisotopic (exact) mass is 601 g/mol. The van der Waals surface area contributed by atoms with Crippen LogP contribution >= 0.6 is 11.8 Å². The van der Waals surface area contributed by atoms with Crippen LogP contribution in [0.25, 0.3) is 6.08 Å². The normalized spacial score (nSPS) is 13.9. The van der Waals surface area contributed by atoms with E-state index in [-0.39, 0.29) is 23.3 Å². The van der Waals surface area contributed by atoms with Crippen molar-refractivity contribution in [2.24, 2.45) is 0 Å². The first kappa shape index (κ1) is 31.4. The highest BCUT2D eigenvalue weighted by Gasteiger charge is 2.36. The molecule has 2 N–H and O–H groups in total. The Morgan fingerprint density at radius 2 is 1.67 bits per heavy atom. The summed E-state index contributed by atoms with van der Waals surface area (Å²) >= 11 is 0.764. The largest absolute Gasteiger partial charge is 0.490 e. The van der Waals surface area contributed by atoms with Gasteiger partial charge in [-0.15, -0.1) is 0 Å². The molecule has 9 nitrogen and oxygen atoms in total. The SMILES string of the molecule is CCOc1cc(/C=C2/SC(=O)N(CC(=O)Nc3ccc(C)c(C)c3)C2=O)ccc1OCC(=O)Nc1ccccc1C(C)C. The molecular formula is C33H35N3O6S. The first-order chi connectivity index (χ1) is 20.5. The fourth-order valence-electron chi connectivity index (χ4n) is 4.40. The van der Waals surface area contributed by atoms with Crippen LogP contribution in [-0.2, 0) is 14.4 Å². The number of benzene rings is 3. The van der Waals surface area contributed by atoms with Gasteiger partial charge >= 0.3 is 0 Å². The fraction of sp³-hybridized carbons (Fsp3) is 0.273. The molecule has 3 aromatic rings. The molecule has 3 aromatic carbocycles. The van der Waals surface area contributed by atoms with E-state index in [4.69, 9.17) is 9.47 Å². The molecule has 1 aliphatic heterocycles. The lowest BCUT2D eigenvalue weighted by Crippen LogP contribution is -2.36. The van der Waals surface area contributed by atoms with Crippen molar-refractivity contribution in [3.8, 4) is 11.5 Å². The average molecular weight is 602 g/mol. The van der Waals surface area contributed by atoms with Crippen LogP contribution in [0.5, 0.6) is 11.5 Å². The zero-order chi connectivity index (χ0) is 31.1. The maximum absolute atomic E-state index is 13.0. The highest BCUT2D eigenvalue weighted by atomic mass is 32.2. The third-order valence-electron chi connectivity index (χ3n) is 6.75. The van der Waals surface area contributed by atoms with Crippen LogP contribution in [0.1, 0.15) is 48.9 Å². The molecule has 0 bridgehead atoms. The van der Waals surface area contributed by atoms with Crippen molar-refractivity contribution in [3.05, 3.63) is 87.8 Å². The van der Waals surface area contributed by atoms with Gasteiger partial charge in [-0.05, 0) is 97.1 Å². The van der Waals surface area contributed by atoms with Crippen LogP contribution in [0.4, 0.5) is 16.2 Å². The van der Waals surface area contributed by atoms with Gasteiger partial charge < -0.3 is 20.1 Å². The maximum Gasteiger partial charge on any atom is 0.294 e. The standard InChI is InChI=1S/C33H35N3O6S/c1-6-41-28-16-23(12-14-27(28)42-19-31(38)35-26-10-8-7-9-25(26)20(2)3)17-29-32(39)36(33(40)43-29)18-30(37)34-24-13-11-21(4)22(5)15-24/h7-17,20H,6,18-19H2,1-5H3,(H,34,37)(H,35,38)/b29-17+. The van der Waals surface area contributed by atoms with Gasteiger partial charge in [0.05, 0.1) is 11.5 Å². The van der Waals surface area contributed by atoms with Gasteiger partial charge in [-0.2, -0.15) is 0 Å². The van der Waals surface area contributed by atoms with E-state index in [9.17, 15) is 19.2 Å². The van der Waals surface area contributed by atoms with Gasteiger partial charge in [0, 0.05) is 11.4 Å². The van der Waals surface area contributed by atoms with E-state index in [1.165, 1.54) is 0 Å². The highest BCUT2D eigenvalue weighted by molar-refractivity contribution is 8.18. The zero-order valence-corrected chi connectivity index (χ0v) is 25.7. The van der Waals surface area contributed by atoms with Crippen LogP contribution in [0.2, 0.25) is 0 Å². The van der Waals surface area contributed by atoms with Gasteiger partial charge in [-0.3, -0.25) is 24.1 Å². The molecule has 1 heterocycles. The summed E-state index contributed by atoms with van der Waals surface area (Å²) in [7, 11) is 0. The summed E-state index contributed by atoms with van der Waals surface area (Å²) in [5, 5.41) is 5.11. The molecule has 0 aliphatic carbocycles. The molecule has 1 saturated heterocycles. The highest BCUT2D eigenvalue weighted by Crippen LogP contribution is 2.35. The molecular weight excluding hydrogens is 566 g/mol. The first-order valence-electron chi connectivity index (χ1n) is 14.0. The van der Waals surface area contributed by atoms with E-state index in [0.29, 0.717) is 29.4 Å². The molecule has 0 atom stereocenters. The second-order valence-corrected chi connectivity index (χ2v) is 11.3. The molecule has 0 radical (unpaired) electrons. The van der Waals surface area contributed by atoms with Crippen LogP contribution in [0, 0.1) is 13.8 Å². The van der Waals surface area contributed by atoms with Crippen LogP contribution in [0.15, 0.2) is 65.6 Å². The molecule has 43 heavy (non-hydrogen) atoms. The van der Waals surface area contributed by atoms with Crippen molar-refractivity contribution in [1.82, 2.24) is 4.90 Å². The molecule has 0 saturated carbocycles. The predicted octanol–water partition coefficient (Wildman–Crippen LogP) is 6.52. The zero-order valence-electron chi connectivity index (χ0n) is 24.9. The number of hydrogen-bond donors (Lipinski definition) is 2. The number of imide groups is 1. The lowest BCUT2D eigenvalue weighted by Gasteiger charge is -2.15. The molecule has 1 aliphatic rings. The first-order valence-corrected chi connectivity index (χ1v) is 14.8. The lowest BCUT2D eigenvalue weighted by atomic mass is 10.0. The number of hydrogen-bond acceptors (Lipinski definition) is 7. The van der Waals surface area contributed by atoms with Crippen molar-refractivity contribution in [3.63, 3.8) is 0 Å². The topological polar surface area (TPSA) is 114 Å². The Morgan fingerprint density at radius 3 is 2.40 bits per heavy atom. The van der Waals surface area contributed by atoms with Crippen molar-refractivity contribution in [2.75, 3.05) is 30.4 Å². The number of rotatable bonds is 11. The number of thioether (sulfide) groups is 1. The van der Waals surface area contributed by atoms with Gasteiger partial charge in [-0.1, -0.05) is 44.2 Å². The van der Waals surface area contributed by atoms with Gasteiger partial charge in [0.1, 0.15) is 6.54 Å². The van der Waals surface area contributed by atoms with E-state index in [2.05, 4.69) is 24.5 Å². The van der Waals surface area contributed by atoms with Crippen LogP contribution < -0.4 is 20.1 Å². The van der Waals surface area contributed by atoms with Gasteiger partial charge in [0.2, 0.25) is 5.91 Å². The van der Waals surface area contributed by atoms with E-state index >= 15 is 0 Å². The van der Waals surface area contributed by atoms with Crippen molar-refractivity contribution < 1.29 is 28.7 Å². The second kappa shape index (κ2) is 14.1. The third kappa shape index (κ3) is 8.04. The van der Waals surface area contributed by atoms with Crippen molar-refractivity contribution in [2.45, 2.75) is 40.5 Å². The summed E-state index contributed by atoms with van der Waals surface area (Å²) in [6.45, 7) is 9.57. The van der Waals surface area contributed by atoms with E-state index in [1.807, 2.05) is 57.2 Å². The predicted molar refractivity (Wildman–Crippen MR) is 169 cm³/mol. The summed E-state index contributed by atoms with van der Waals surface area (Å²) in [5.74, 6) is -0.336. The van der Waals surface area contributed by atoms with Gasteiger partial charge in [-0.25, -0.2) is 0 Å². The number of aryl methyl sites for hydroxylation is 2. The number of ether oxygens (including phenoxy) is 2. The van der Waals surface area contributed by atoms with Gasteiger partial charge in [0.25, 0.3) is 17.1 Å². The maximum atomic E-state index is 13.0. The molecule has 1 fully saturated rings. The Labute approximate surface area is 255 Å². The summed E-state index contributed by atoms with van der Waals surface area (Å²) in [6.07, 6.45) is 1.56. The minimum absolute atomic E-state index is 0.184. The van der Waals surface area contributed by atoms with Crippen molar-refractivity contribution in [1.29, 1.82) is 0 Å². The second-order valence-electron chi connectivity index (χ2n) is 10.3. The summed E-state index contributed by atoms with van der Waals surface area (Å²) in [4.78, 5) is 51.9. The Bertz CT molecular complexity index is 1580. The lowest BCUT2D eigenvalue weighted by molar-refractivity contribution is -0.127. The van der Waals surface area contributed by atoms with E-state index < -0.39 is 23.6 Å². The Kier molecular flexibility index (Phi) is 10.3. The Hall–Kier alpha value is -4.57. The van der Waals surface area contributed by atoms with Crippen LogP contribution in [-0.4, -0.2) is 47.6 Å². The Morgan fingerprint density at radius 1 is 0.907 bits per heavy atom. The van der Waals surface area contributed by atoms with Crippen molar-refractivity contribution >= 4 is 52.2 Å². The fourth-order valence-corrected chi connectivity index (χ4v) is 5.24. The average Bonchev–Trinajstić information content (AvgIpc) is 3.22. The minimum Gasteiger partial charge on any atom is -0.490 e. The molecule has 4 rings (SSSR count). The number of anilines is 2. The molecule has 4 amide bonds. The third-order valence-corrected chi connectivity index (χ3v) is 7.65. The summed E-state index contributed by atoms with van der Waals surface area (Å²) in [5.41, 5.74) is 5.07. The van der Waals surface area contributed by atoms with Crippen LogP contribution in [0.3, 0.4) is 0 Å². The Balaban J connectivity index is 1.41. The smallest absolute Gasteiger partial charge is 0.294 e. The number of nitrogens with zero attached hydrogens (tertiary/aromatic N) is 1. The van der Waals surface area contributed by atoms with E-state index in [1.54, 1.807) is 30.3 Å². The quantitative estimate of drug-likeness (QED) is 0.241. The molecule has 0 aromatic heterocycles. The molecule has 10 heteroatoms. The molecule has 0 unspecified atom stereocenters. The minimum atomic E-state index is -0.554. The molecule has 224 valence electrons. The summed E-state index contributed by atoms with van der Waals surface area (Å²) in [6, 6.07) is 18.1. The number of carbonyl (C=O) groups excluding carboxylic acids is 4. The van der Waals surface area contributed by atoms with E-state index in [0.717, 1.165) is 39.0 Å². The number of amides is 4. The number of nitrogens with one attached hydrogen (secondary N) is 2. The summed E-state index contributed by atoms with van der Waals surface area (Å²) < 4.78 is 11.5. The number of para-hydroxylation sites is 1. The molecule has 0 spiro atoms. The van der Waals surface area contributed by atoms with Gasteiger partial charge in [0.15, 0.2) is 18.1 Å².